The summed E-state index contributed by atoms with van der Waals surface area (Å²) in [5, 5.41) is 5.69. The van der Waals surface area contributed by atoms with Gasteiger partial charge in [-0.2, -0.15) is 13.2 Å². The van der Waals surface area contributed by atoms with Crippen molar-refractivity contribution in [2.45, 2.75) is 24.9 Å². The van der Waals surface area contributed by atoms with Crippen LogP contribution in [-0.2, 0) is 6.18 Å². The first-order valence-corrected chi connectivity index (χ1v) is 10.4. The molecule has 0 unspecified atom stereocenters. The molecule has 2 amide bonds. The van der Waals surface area contributed by atoms with Crippen LogP contribution in [0.15, 0.2) is 54.0 Å². The SMILES string of the molecule is O=C(Nc1ccc(C(F)(F)F)cn1)N1CCC(c2nc(-c3ccccc3)cs2)CC1. The highest BCUT2D eigenvalue weighted by Gasteiger charge is 2.31. The second-order valence-electron chi connectivity index (χ2n) is 7.06. The fraction of sp³-hybridized carbons (Fsp3) is 0.286. The van der Waals surface area contributed by atoms with Crippen LogP contribution in [0.4, 0.5) is 23.8 Å². The molecule has 0 radical (unpaired) electrons. The average Bonchev–Trinajstić information content (AvgIpc) is 3.24. The summed E-state index contributed by atoms with van der Waals surface area (Å²) < 4.78 is 37.8. The van der Waals surface area contributed by atoms with Crippen LogP contribution in [0.3, 0.4) is 0 Å². The molecule has 3 aromatic rings. The van der Waals surface area contributed by atoms with Crippen molar-refractivity contribution in [2.24, 2.45) is 0 Å². The van der Waals surface area contributed by atoms with E-state index in [1.807, 2.05) is 30.3 Å². The van der Waals surface area contributed by atoms with Gasteiger partial charge >= 0.3 is 12.2 Å². The first kappa shape index (κ1) is 20.3. The number of halogens is 3. The molecule has 0 bridgehead atoms. The van der Waals surface area contributed by atoms with E-state index in [-0.39, 0.29) is 11.8 Å². The minimum atomic E-state index is -4.45. The zero-order chi connectivity index (χ0) is 21.1. The largest absolute Gasteiger partial charge is 0.417 e. The van der Waals surface area contributed by atoms with Crippen molar-refractivity contribution in [1.82, 2.24) is 14.9 Å². The second kappa shape index (κ2) is 8.43. The fourth-order valence-electron chi connectivity index (χ4n) is 3.37. The van der Waals surface area contributed by atoms with Crippen LogP contribution in [0.5, 0.6) is 0 Å². The van der Waals surface area contributed by atoms with Crippen LogP contribution in [0.2, 0.25) is 0 Å². The molecule has 1 saturated heterocycles. The van der Waals surface area contributed by atoms with Gasteiger partial charge in [0.2, 0.25) is 0 Å². The van der Waals surface area contributed by atoms with Gasteiger partial charge in [-0.15, -0.1) is 11.3 Å². The Morgan fingerprint density at radius 2 is 1.83 bits per heavy atom. The second-order valence-corrected chi connectivity index (χ2v) is 7.95. The Morgan fingerprint density at radius 3 is 2.47 bits per heavy atom. The number of thiazole rings is 1. The lowest BCUT2D eigenvalue weighted by Gasteiger charge is -2.31. The number of piperidine rings is 1. The van der Waals surface area contributed by atoms with Crippen molar-refractivity contribution < 1.29 is 18.0 Å². The smallest absolute Gasteiger partial charge is 0.324 e. The Hall–Kier alpha value is -2.94. The van der Waals surface area contributed by atoms with Crippen molar-refractivity contribution in [2.75, 3.05) is 18.4 Å². The number of nitrogens with one attached hydrogen (secondary N) is 1. The zero-order valence-corrected chi connectivity index (χ0v) is 16.7. The lowest BCUT2D eigenvalue weighted by Crippen LogP contribution is -2.40. The maximum atomic E-state index is 12.6. The predicted molar refractivity (Wildman–Crippen MR) is 109 cm³/mol. The average molecular weight is 432 g/mol. The molecule has 156 valence electrons. The Balaban J connectivity index is 1.32. The number of hydrogen-bond donors (Lipinski definition) is 1. The molecule has 0 saturated carbocycles. The lowest BCUT2D eigenvalue weighted by atomic mass is 9.98. The van der Waals surface area contributed by atoms with Crippen molar-refractivity contribution in [3.63, 3.8) is 0 Å². The van der Waals surface area contributed by atoms with E-state index in [2.05, 4.69) is 15.7 Å². The van der Waals surface area contributed by atoms with Gasteiger partial charge in [-0.1, -0.05) is 30.3 Å². The molecule has 4 rings (SSSR count). The van der Waals surface area contributed by atoms with Gasteiger partial charge in [0.25, 0.3) is 0 Å². The molecule has 5 nitrogen and oxygen atoms in total. The number of anilines is 1. The minimum absolute atomic E-state index is 0.0996. The monoisotopic (exact) mass is 432 g/mol. The first-order chi connectivity index (χ1) is 14.4. The molecule has 0 spiro atoms. The number of hydrogen-bond acceptors (Lipinski definition) is 4. The molecule has 30 heavy (non-hydrogen) atoms. The van der Waals surface area contributed by atoms with Crippen LogP contribution in [0, 0.1) is 0 Å². The van der Waals surface area contributed by atoms with Gasteiger partial charge in [-0.05, 0) is 25.0 Å². The van der Waals surface area contributed by atoms with Gasteiger partial charge in [-0.25, -0.2) is 14.8 Å². The molecular formula is C21H19F3N4OS. The summed E-state index contributed by atoms with van der Waals surface area (Å²) in [5.41, 5.74) is 1.20. The van der Waals surface area contributed by atoms with Crippen LogP contribution < -0.4 is 5.32 Å². The molecule has 1 fully saturated rings. The molecule has 9 heteroatoms. The van der Waals surface area contributed by atoms with E-state index in [4.69, 9.17) is 4.98 Å². The molecular weight excluding hydrogens is 413 g/mol. The normalized spacial score (nSPS) is 15.2. The van der Waals surface area contributed by atoms with Gasteiger partial charge in [0.05, 0.1) is 16.3 Å². The van der Waals surface area contributed by atoms with E-state index in [0.717, 1.165) is 41.2 Å². The standard InChI is InChI=1S/C21H19F3N4OS/c22-21(23,24)16-6-7-18(25-12-16)27-20(29)28-10-8-15(9-11-28)19-26-17(13-30-19)14-4-2-1-3-5-14/h1-7,12-13,15H,8-11H2,(H,25,27,29). The van der Waals surface area contributed by atoms with E-state index >= 15 is 0 Å². The highest BCUT2D eigenvalue weighted by atomic mass is 32.1. The van der Waals surface area contributed by atoms with Crippen molar-refractivity contribution in [3.8, 4) is 11.3 Å². The van der Waals surface area contributed by atoms with Crippen LogP contribution in [-0.4, -0.2) is 34.0 Å². The molecule has 0 atom stereocenters. The number of alkyl halides is 3. The van der Waals surface area contributed by atoms with E-state index in [1.165, 1.54) is 0 Å². The number of pyridine rings is 1. The zero-order valence-electron chi connectivity index (χ0n) is 15.9. The summed E-state index contributed by atoms with van der Waals surface area (Å²) >= 11 is 1.63. The third kappa shape index (κ3) is 4.62. The van der Waals surface area contributed by atoms with Gasteiger partial charge in [0, 0.05) is 36.1 Å². The minimum Gasteiger partial charge on any atom is -0.324 e. The number of amides is 2. The van der Waals surface area contributed by atoms with E-state index in [9.17, 15) is 18.0 Å². The Labute approximate surface area is 175 Å². The number of urea groups is 1. The molecule has 1 N–H and O–H groups in total. The maximum absolute atomic E-state index is 12.6. The highest BCUT2D eigenvalue weighted by Crippen LogP contribution is 2.33. The number of nitrogens with zero attached hydrogens (tertiary/aromatic N) is 3. The number of carbonyl (C=O) groups is 1. The van der Waals surface area contributed by atoms with Crippen molar-refractivity contribution in [3.05, 3.63) is 64.6 Å². The van der Waals surface area contributed by atoms with Crippen LogP contribution in [0.25, 0.3) is 11.3 Å². The summed E-state index contributed by atoms with van der Waals surface area (Å²) in [6.07, 6.45) is -2.16. The van der Waals surface area contributed by atoms with Crippen LogP contribution >= 0.6 is 11.3 Å². The molecule has 2 aromatic heterocycles. The first-order valence-electron chi connectivity index (χ1n) is 9.50. The summed E-state index contributed by atoms with van der Waals surface area (Å²) in [6.45, 7) is 1.11. The number of likely N-dealkylation sites (tertiary alicyclic amines) is 1. The van der Waals surface area contributed by atoms with Gasteiger partial charge in [0.1, 0.15) is 5.82 Å². The third-order valence-corrected chi connectivity index (χ3v) is 6.06. The molecule has 1 aliphatic heterocycles. The number of benzene rings is 1. The van der Waals surface area contributed by atoms with E-state index in [1.54, 1.807) is 16.2 Å². The molecule has 1 aliphatic rings. The summed E-state index contributed by atoms with van der Waals surface area (Å²) in [6, 6.07) is 11.7. The maximum Gasteiger partial charge on any atom is 0.417 e. The highest BCUT2D eigenvalue weighted by molar-refractivity contribution is 7.10. The Morgan fingerprint density at radius 1 is 1.10 bits per heavy atom. The van der Waals surface area contributed by atoms with Crippen LogP contribution in [0.1, 0.15) is 29.3 Å². The molecule has 1 aromatic carbocycles. The Bertz CT molecular complexity index is 997. The van der Waals surface area contributed by atoms with Gasteiger partial charge in [0.15, 0.2) is 0 Å². The van der Waals surface area contributed by atoms with E-state index < -0.39 is 11.7 Å². The number of rotatable bonds is 3. The van der Waals surface area contributed by atoms with E-state index in [0.29, 0.717) is 25.2 Å². The number of aromatic nitrogens is 2. The third-order valence-electron chi connectivity index (χ3n) is 5.05. The fourth-order valence-corrected chi connectivity index (χ4v) is 4.37. The van der Waals surface area contributed by atoms with Gasteiger partial charge in [-0.3, -0.25) is 5.32 Å². The summed E-state index contributed by atoms with van der Waals surface area (Å²) in [4.78, 5) is 22.5. The molecule has 3 heterocycles. The summed E-state index contributed by atoms with van der Waals surface area (Å²) in [5.74, 6) is 0.392. The Kier molecular flexibility index (Phi) is 5.72. The lowest BCUT2D eigenvalue weighted by molar-refractivity contribution is -0.137. The summed E-state index contributed by atoms with van der Waals surface area (Å²) in [7, 11) is 0. The topological polar surface area (TPSA) is 58.1 Å². The number of carbonyl (C=O) groups excluding carboxylic acids is 1. The van der Waals surface area contributed by atoms with Gasteiger partial charge < -0.3 is 4.90 Å². The van der Waals surface area contributed by atoms with Crippen molar-refractivity contribution in [1.29, 1.82) is 0 Å². The quantitative estimate of drug-likeness (QED) is 0.583. The van der Waals surface area contributed by atoms with Crippen molar-refractivity contribution >= 4 is 23.2 Å². The molecule has 0 aliphatic carbocycles. The predicted octanol–water partition coefficient (Wildman–Crippen LogP) is 5.64.